The van der Waals surface area contributed by atoms with Crippen LogP contribution in [0.2, 0.25) is 0 Å². The van der Waals surface area contributed by atoms with E-state index in [4.69, 9.17) is 0 Å². The van der Waals surface area contributed by atoms with Crippen LogP contribution in [0.15, 0.2) is 0 Å². The molecule has 98 valence electrons. The second kappa shape index (κ2) is 5.27. The van der Waals surface area contributed by atoms with Crippen LogP contribution in [0.3, 0.4) is 0 Å². The molecule has 0 spiro atoms. The topological polar surface area (TPSA) is 15.3 Å². The fourth-order valence-electron chi connectivity index (χ4n) is 3.29. The molecule has 2 atom stereocenters. The van der Waals surface area contributed by atoms with Gasteiger partial charge in [0.1, 0.15) is 0 Å². The van der Waals surface area contributed by atoms with Gasteiger partial charge in [0.25, 0.3) is 0 Å². The Bertz CT molecular complexity index is 245. The van der Waals surface area contributed by atoms with Gasteiger partial charge in [-0.15, -0.1) is 0 Å². The van der Waals surface area contributed by atoms with E-state index in [2.05, 4.69) is 17.1 Å². The molecule has 3 aliphatic rings. The molecule has 17 heavy (non-hydrogen) atoms. The lowest BCUT2D eigenvalue weighted by molar-refractivity contribution is 0.209. The average Bonchev–Trinajstić information content (AvgIpc) is 3.25. The summed E-state index contributed by atoms with van der Waals surface area (Å²) in [6, 6.07) is 1.78. The predicted octanol–water partition coefficient (Wildman–Crippen LogP) is 2.64. The fourth-order valence-corrected chi connectivity index (χ4v) is 3.29. The lowest BCUT2D eigenvalue weighted by Gasteiger charge is -2.27. The van der Waals surface area contributed by atoms with Gasteiger partial charge in [0.15, 0.2) is 0 Å². The van der Waals surface area contributed by atoms with Gasteiger partial charge in [-0.2, -0.15) is 0 Å². The third-order valence-corrected chi connectivity index (χ3v) is 4.88. The number of rotatable bonds is 7. The first-order valence-corrected chi connectivity index (χ1v) is 7.82. The zero-order valence-electron chi connectivity index (χ0n) is 11.3. The summed E-state index contributed by atoms with van der Waals surface area (Å²) in [5.74, 6) is 2.02. The van der Waals surface area contributed by atoms with E-state index in [1.807, 2.05) is 0 Å². The summed E-state index contributed by atoms with van der Waals surface area (Å²) >= 11 is 0. The second-order valence-electron chi connectivity index (χ2n) is 6.57. The maximum absolute atomic E-state index is 3.70. The van der Waals surface area contributed by atoms with Crippen molar-refractivity contribution < 1.29 is 0 Å². The largest absolute Gasteiger partial charge is 0.314 e. The van der Waals surface area contributed by atoms with E-state index in [-0.39, 0.29) is 0 Å². The molecule has 2 aliphatic carbocycles. The van der Waals surface area contributed by atoms with Gasteiger partial charge < -0.3 is 10.2 Å². The Balaban J connectivity index is 1.40. The van der Waals surface area contributed by atoms with Gasteiger partial charge in [-0.3, -0.25) is 0 Å². The molecule has 1 aliphatic heterocycles. The molecule has 0 aromatic heterocycles. The third kappa shape index (κ3) is 3.45. The van der Waals surface area contributed by atoms with E-state index in [1.165, 1.54) is 64.6 Å². The molecule has 0 aromatic carbocycles. The smallest absolute Gasteiger partial charge is 0.00953 e. The fraction of sp³-hybridized carbons (Fsp3) is 1.00. The lowest BCUT2D eigenvalue weighted by Crippen LogP contribution is -2.34. The highest BCUT2D eigenvalue weighted by molar-refractivity contribution is 4.88. The van der Waals surface area contributed by atoms with E-state index >= 15 is 0 Å². The number of hydrogen-bond donors (Lipinski definition) is 1. The number of nitrogens with one attached hydrogen (secondary N) is 1. The molecule has 0 bridgehead atoms. The van der Waals surface area contributed by atoms with Crippen LogP contribution in [0.1, 0.15) is 51.9 Å². The Morgan fingerprint density at radius 2 is 1.94 bits per heavy atom. The number of hydrogen-bond acceptors (Lipinski definition) is 2. The molecular weight excluding hydrogens is 208 g/mol. The highest BCUT2D eigenvalue weighted by atomic mass is 15.2. The molecular formula is C15H28N2. The van der Waals surface area contributed by atoms with E-state index in [0.717, 1.165) is 23.9 Å². The second-order valence-corrected chi connectivity index (χ2v) is 6.57. The summed E-state index contributed by atoms with van der Waals surface area (Å²) in [6.45, 7) is 6.39. The lowest BCUT2D eigenvalue weighted by atomic mass is 10.1. The molecule has 0 aromatic rings. The first-order valence-electron chi connectivity index (χ1n) is 7.82. The molecule has 3 rings (SSSR count). The van der Waals surface area contributed by atoms with Crippen LogP contribution in [0, 0.1) is 11.8 Å². The van der Waals surface area contributed by atoms with Gasteiger partial charge >= 0.3 is 0 Å². The maximum Gasteiger partial charge on any atom is 0.00953 e. The molecule has 1 N–H and O–H groups in total. The highest BCUT2D eigenvalue weighted by Crippen LogP contribution is 2.36. The third-order valence-electron chi connectivity index (χ3n) is 4.88. The minimum Gasteiger partial charge on any atom is -0.314 e. The van der Waals surface area contributed by atoms with Gasteiger partial charge in [-0.05, 0) is 57.0 Å². The molecule has 2 nitrogen and oxygen atoms in total. The summed E-state index contributed by atoms with van der Waals surface area (Å²) < 4.78 is 0. The summed E-state index contributed by atoms with van der Waals surface area (Å²) in [5.41, 5.74) is 0. The van der Waals surface area contributed by atoms with E-state index in [9.17, 15) is 0 Å². The van der Waals surface area contributed by atoms with Crippen LogP contribution in [0.4, 0.5) is 0 Å². The number of nitrogens with zero attached hydrogens (tertiary/aromatic N) is 1. The quantitative estimate of drug-likeness (QED) is 0.731. The predicted molar refractivity (Wildman–Crippen MR) is 72.1 cm³/mol. The SMILES string of the molecule is CCC(CC1CC1)N1CCC(CNC2CC2)C1. The summed E-state index contributed by atoms with van der Waals surface area (Å²) in [5, 5.41) is 3.70. The molecule has 2 heteroatoms. The zero-order chi connectivity index (χ0) is 11.7. The van der Waals surface area contributed by atoms with Crippen LogP contribution < -0.4 is 5.32 Å². The van der Waals surface area contributed by atoms with E-state index < -0.39 is 0 Å². The molecule has 1 heterocycles. The van der Waals surface area contributed by atoms with Gasteiger partial charge in [0.2, 0.25) is 0 Å². The van der Waals surface area contributed by atoms with Crippen molar-refractivity contribution in [2.75, 3.05) is 19.6 Å². The Hall–Kier alpha value is -0.0800. The van der Waals surface area contributed by atoms with Crippen LogP contribution in [-0.4, -0.2) is 36.6 Å². The summed E-state index contributed by atoms with van der Waals surface area (Å²) in [6.07, 6.45) is 10.2. The normalized spacial score (nSPS) is 31.9. The van der Waals surface area contributed by atoms with Crippen molar-refractivity contribution in [2.45, 2.75) is 64.0 Å². The Kier molecular flexibility index (Phi) is 3.72. The first-order chi connectivity index (χ1) is 8.35. The van der Waals surface area contributed by atoms with Crippen molar-refractivity contribution in [3.05, 3.63) is 0 Å². The molecule has 1 saturated heterocycles. The first kappa shape index (κ1) is 12.0. The standard InChI is InChI=1S/C15H28N2/c1-2-15(9-12-3-4-12)17-8-7-13(11-17)10-16-14-5-6-14/h12-16H,2-11H2,1H3. The minimum absolute atomic E-state index is 0.887. The minimum atomic E-state index is 0.887. The van der Waals surface area contributed by atoms with Crippen LogP contribution in [0.25, 0.3) is 0 Å². The van der Waals surface area contributed by atoms with Crippen LogP contribution in [0.5, 0.6) is 0 Å². The van der Waals surface area contributed by atoms with Gasteiger partial charge in [0.05, 0.1) is 0 Å². The van der Waals surface area contributed by atoms with Crippen molar-refractivity contribution in [1.82, 2.24) is 10.2 Å². The average molecular weight is 236 g/mol. The summed E-state index contributed by atoms with van der Waals surface area (Å²) in [4.78, 5) is 2.79. The van der Waals surface area contributed by atoms with Crippen molar-refractivity contribution in [3.63, 3.8) is 0 Å². The van der Waals surface area contributed by atoms with Gasteiger partial charge in [0, 0.05) is 18.6 Å². The Morgan fingerprint density at radius 3 is 2.59 bits per heavy atom. The van der Waals surface area contributed by atoms with Crippen LogP contribution in [-0.2, 0) is 0 Å². The van der Waals surface area contributed by atoms with Gasteiger partial charge in [-0.25, -0.2) is 0 Å². The Labute approximate surface area is 106 Å². The van der Waals surface area contributed by atoms with Gasteiger partial charge in [-0.1, -0.05) is 19.8 Å². The monoisotopic (exact) mass is 236 g/mol. The molecule has 0 amide bonds. The number of likely N-dealkylation sites (tertiary alicyclic amines) is 1. The molecule has 0 radical (unpaired) electrons. The van der Waals surface area contributed by atoms with Crippen LogP contribution >= 0.6 is 0 Å². The van der Waals surface area contributed by atoms with E-state index in [1.54, 1.807) is 0 Å². The highest BCUT2D eigenvalue weighted by Gasteiger charge is 2.32. The van der Waals surface area contributed by atoms with Crippen molar-refractivity contribution in [1.29, 1.82) is 0 Å². The van der Waals surface area contributed by atoms with Crippen molar-refractivity contribution >= 4 is 0 Å². The molecule has 2 unspecified atom stereocenters. The van der Waals surface area contributed by atoms with Crippen molar-refractivity contribution in [2.24, 2.45) is 11.8 Å². The molecule has 2 saturated carbocycles. The van der Waals surface area contributed by atoms with Crippen molar-refractivity contribution in [3.8, 4) is 0 Å². The summed E-state index contributed by atoms with van der Waals surface area (Å²) in [7, 11) is 0. The molecule has 3 fully saturated rings. The Morgan fingerprint density at radius 1 is 1.12 bits per heavy atom. The van der Waals surface area contributed by atoms with E-state index in [0.29, 0.717) is 0 Å². The zero-order valence-corrected chi connectivity index (χ0v) is 11.3. The maximum atomic E-state index is 3.70.